The van der Waals surface area contributed by atoms with Gasteiger partial charge in [-0.2, -0.15) is 5.10 Å². The van der Waals surface area contributed by atoms with Crippen LogP contribution in [0.5, 0.6) is 0 Å². The summed E-state index contributed by atoms with van der Waals surface area (Å²) in [6.45, 7) is 2.51. The Hall–Kier alpha value is -3.07. The van der Waals surface area contributed by atoms with E-state index in [4.69, 9.17) is 4.74 Å². The molecular weight excluding hydrogens is 415 g/mol. The van der Waals surface area contributed by atoms with Gasteiger partial charge in [0.05, 0.1) is 17.7 Å². The Labute approximate surface area is 184 Å². The molecule has 3 aliphatic rings. The van der Waals surface area contributed by atoms with E-state index in [1.165, 1.54) is 22.9 Å². The van der Waals surface area contributed by atoms with E-state index in [-0.39, 0.29) is 47.6 Å². The molecule has 4 heterocycles. The number of nitrogens with zero attached hydrogens (tertiary/aromatic N) is 4. The number of carbonyl (C=O) groups excluding carboxylic acids is 2. The molecule has 0 bridgehead atoms. The van der Waals surface area contributed by atoms with Crippen LogP contribution in [0.2, 0.25) is 0 Å². The summed E-state index contributed by atoms with van der Waals surface area (Å²) in [5.74, 6) is -0.718. The molecule has 8 nitrogen and oxygen atoms in total. The highest BCUT2D eigenvalue weighted by Gasteiger charge is 2.43. The summed E-state index contributed by atoms with van der Waals surface area (Å²) >= 11 is 0. The van der Waals surface area contributed by atoms with Crippen LogP contribution in [0.15, 0.2) is 41.2 Å². The zero-order chi connectivity index (χ0) is 22.2. The van der Waals surface area contributed by atoms with Crippen molar-refractivity contribution in [3.8, 4) is 11.3 Å². The van der Waals surface area contributed by atoms with Gasteiger partial charge in [-0.1, -0.05) is 12.1 Å². The summed E-state index contributed by atoms with van der Waals surface area (Å²) in [7, 11) is 0. The van der Waals surface area contributed by atoms with Gasteiger partial charge in [-0.05, 0) is 31.0 Å². The minimum atomic E-state index is -0.372. The fourth-order valence-electron chi connectivity index (χ4n) is 4.78. The summed E-state index contributed by atoms with van der Waals surface area (Å²) in [6.07, 6.45) is 1.87. The molecule has 0 radical (unpaired) electrons. The lowest BCUT2D eigenvalue weighted by Crippen LogP contribution is -2.55. The Morgan fingerprint density at radius 1 is 1.03 bits per heavy atom. The van der Waals surface area contributed by atoms with E-state index >= 15 is 0 Å². The molecule has 0 saturated carbocycles. The average Bonchev–Trinajstić information content (AvgIpc) is 3.16. The van der Waals surface area contributed by atoms with Crippen molar-refractivity contribution in [1.29, 1.82) is 0 Å². The first-order valence-corrected chi connectivity index (χ1v) is 11.0. The van der Waals surface area contributed by atoms with Crippen molar-refractivity contribution in [1.82, 2.24) is 19.6 Å². The van der Waals surface area contributed by atoms with Gasteiger partial charge in [0.1, 0.15) is 5.82 Å². The number of carbonyl (C=O) groups is 2. The standard InChI is InChI=1S/C23H25FN4O4/c24-17-3-1-2-15(10-17)20-4-5-21(29)28(25-20)19-13-26(14-19)23(31)16-11-22(30)27(12-16)18-6-8-32-9-7-18/h1-5,10,16,18-19H,6-9,11-14H2. The molecule has 5 rings (SSSR count). The molecular formula is C23H25FN4O4. The van der Waals surface area contributed by atoms with E-state index in [0.717, 1.165) is 12.8 Å². The molecule has 2 amide bonds. The first-order chi connectivity index (χ1) is 15.5. The van der Waals surface area contributed by atoms with Gasteiger partial charge in [0, 0.05) is 56.9 Å². The predicted octanol–water partition coefficient (Wildman–Crippen LogP) is 1.46. The number of hydrogen-bond donors (Lipinski definition) is 0. The van der Waals surface area contributed by atoms with E-state index in [1.807, 2.05) is 4.90 Å². The minimum Gasteiger partial charge on any atom is -0.381 e. The van der Waals surface area contributed by atoms with E-state index in [1.54, 1.807) is 23.1 Å². The molecule has 3 saturated heterocycles. The largest absolute Gasteiger partial charge is 0.381 e. The SMILES string of the molecule is O=C(C1CC(=O)N(C2CCOCC2)C1)N1CC(n2nc(-c3cccc(F)c3)ccc2=O)C1. The second kappa shape index (κ2) is 8.46. The minimum absolute atomic E-state index is 0.0352. The highest BCUT2D eigenvalue weighted by molar-refractivity contribution is 5.89. The summed E-state index contributed by atoms with van der Waals surface area (Å²) < 4.78 is 20.3. The van der Waals surface area contributed by atoms with Gasteiger partial charge in [-0.25, -0.2) is 9.07 Å². The third kappa shape index (κ3) is 3.92. The molecule has 1 aromatic carbocycles. The Balaban J connectivity index is 1.23. The Kier molecular flexibility index (Phi) is 5.50. The second-order valence-electron chi connectivity index (χ2n) is 8.70. The molecule has 168 valence electrons. The molecule has 9 heteroatoms. The van der Waals surface area contributed by atoms with E-state index in [2.05, 4.69) is 5.10 Å². The molecule has 1 unspecified atom stereocenters. The molecule has 1 atom stereocenters. The number of halogens is 1. The van der Waals surface area contributed by atoms with Crippen molar-refractivity contribution in [2.24, 2.45) is 5.92 Å². The number of benzene rings is 1. The number of aromatic nitrogens is 2. The highest BCUT2D eigenvalue weighted by Crippen LogP contribution is 2.29. The van der Waals surface area contributed by atoms with Crippen LogP contribution in [0, 0.1) is 11.7 Å². The number of amides is 2. The van der Waals surface area contributed by atoms with Crippen molar-refractivity contribution in [3.05, 3.63) is 52.6 Å². The zero-order valence-corrected chi connectivity index (χ0v) is 17.7. The number of likely N-dealkylation sites (tertiary alicyclic amines) is 2. The van der Waals surface area contributed by atoms with Gasteiger partial charge < -0.3 is 14.5 Å². The van der Waals surface area contributed by atoms with E-state index in [0.29, 0.717) is 44.1 Å². The van der Waals surface area contributed by atoms with Crippen molar-refractivity contribution in [2.45, 2.75) is 31.3 Å². The number of ether oxygens (including phenoxy) is 1. The Bertz CT molecular complexity index is 1090. The average molecular weight is 440 g/mol. The molecule has 0 N–H and O–H groups in total. The zero-order valence-electron chi connectivity index (χ0n) is 17.7. The molecule has 3 fully saturated rings. The molecule has 0 spiro atoms. The normalized spacial score (nSPS) is 22.3. The summed E-state index contributed by atoms with van der Waals surface area (Å²) in [5.41, 5.74) is 0.829. The van der Waals surface area contributed by atoms with Gasteiger partial charge in [0.2, 0.25) is 11.8 Å². The van der Waals surface area contributed by atoms with Crippen LogP contribution in [-0.4, -0.2) is 70.3 Å². The molecule has 32 heavy (non-hydrogen) atoms. The van der Waals surface area contributed by atoms with Crippen LogP contribution >= 0.6 is 0 Å². The molecule has 3 aliphatic heterocycles. The monoisotopic (exact) mass is 440 g/mol. The van der Waals surface area contributed by atoms with Crippen LogP contribution < -0.4 is 5.56 Å². The molecule has 2 aromatic rings. The fourth-order valence-corrected chi connectivity index (χ4v) is 4.78. The van der Waals surface area contributed by atoms with Gasteiger partial charge in [-0.3, -0.25) is 14.4 Å². The van der Waals surface area contributed by atoms with Crippen molar-refractivity contribution < 1.29 is 18.7 Å². The first-order valence-electron chi connectivity index (χ1n) is 11.0. The molecule has 1 aromatic heterocycles. The second-order valence-corrected chi connectivity index (χ2v) is 8.70. The summed E-state index contributed by atoms with van der Waals surface area (Å²) in [4.78, 5) is 41.3. The number of rotatable bonds is 4. The van der Waals surface area contributed by atoms with Crippen molar-refractivity contribution in [2.75, 3.05) is 32.8 Å². The van der Waals surface area contributed by atoms with Crippen LogP contribution in [0.3, 0.4) is 0 Å². The van der Waals surface area contributed by atoms with Crippen LogP contribution in [0.4, 0.5) is 4.39 Å². The lowest BCUT2D eigenvalue weighted by molar-refractivity contribution is -0.141. The van der Waals surface area contributed by atoms with Crippen molar-refractivity contribution >= 4 is 11.8 Å². The third-order valence-corrected chi connectivity index (χ3v) is 6.60. The van der Waals surface area contributed by atoms with Crippen LogP contribution in [0.25, 0.3) is 11.3 Å². The van der Waals surface area contributed by atoms with Gasteiger partial charge in [-0.15, -0.1) is 0 Å². The van der Waals surface area contributed by atoms with Gasteiger partial charge >= 0.3 is 0 Å². The van der Waals surface area contributed by atoms with Crippen LogP contribution in [-0.2, 0) is 14.3 Å². The maximum absolute atomic E-state index is 13.6. The third-order valence-electron chi connectivity index (χ3n) is 6.60. The van der Waals surface area contributed by atoms with Crippen LogP contribution in [0.1, 0.15) is 25.3 Å². The first kappa shape index (κ1) is 20.8. The maximum atomic E-state index is 13.6. The highest BCUT2D eigenvalue weighted by atomic mass is 19.1. The van der Waals surface area contributed by atoms with Gasteiger partial charge in [0.25, 0.3) is 5.56 Å². The number of hydrogen-bond acceptors (Lipinski definition) is 5. The fraction of sp³-hybridized carbons (Fsp3) is 0.478. The van der Waals surface area contributed by atoms with E-state index < -0.39 is 0 Å². The van der Waals surface area contributed by atoms with Crippen molar-refractivity contribution in [3.63, 3.8) is 0 Å². The smallest absolute Gasteiger partial charge is 0.267 e. The van der Waals surface area contributed by atoms with E-state index in [9.17, 15) is 18.8 Å². The lowest BCUT2D eigenvalue weighted by atomic mass is 10.0. The van der Waals surface area contributed by atoms with Gasteiger partial charge in [0.15, 0.2) is 0 Å². The quantitative estimate of drug-likeness (QED) is 0.719. The predicted molar refractivity (Wildman–Crippen MR) is 113 cm³/mol. The Morgan fingerprint density at radius 3 is 2.56 bits per heavy atom. The summed E-state index contributed by atoms with van der Waals surface area (Å²) in [6, 6.07) is 8.97. The lowest BCUT2D eigenvalue weighted by Gasteiger charge is -2.40. The topological polar surface area (TPSA) is 84.7 Å². The molecule has 0 aliphatic carbocycles. The Morgan fingerprint density at radius 2 is 1.81 bits per heavy atom. The summed E-state index contributed by atoms with van der Waals surface area (Å²) in [5, 5.41) is 4.41. The maximum Gasteiger partial charge on any atom is 0.267 e.